The molecule has 0 aliphatic heterocycles. The number of amides is 1. The van der Waals surface area contributed by atoms with E-state index in [0.29, 0.717) is 0 Å². The van der Waals surface area contributed by atoms with E-state index in [-0.39, 0.29) is 6.92 Å². The topological polar surface area (TPSA) is 20.3 Å². The number of hydrogen-bond acceptors (Lipinski definition) is 1. The molecule has 0 heterocycles. The molecule has 8 heteroatoms. The minimum atomic E-state index is -5.72. The highest BCUT2D eigenvalue weighted by Crippen LogP contribution is 2.33. The third-order valence-corrected chi connectivity index (χ3v) is 0.822. The van der Waals surface area contributed by atoms with E-state index in [4.69, 9.17) is 0 Å². The molecule has 1 amide bonds. The van der Waals surface area contributed by atoms with Gasteiger partial charge < -0.3 is 0 Å². The quantitative estimate of drug-likeness (QED) is 0.426. The van der Waals surface area contributed by atoms with Crippen LogP contribution in [-0.2, 0) is 4.79 Å². The van der Waals surface area contributed by atoms with Gasteiger partial charge in [-0.25, -0.2) is 0 Å². The molecule has 12 heavy (non-hydrogen) atoms. The fourth-order valence-electron chi connectivity index (χ4n) is 0.501. The molecule has 0 saturated heterocycles. The minimum Gasteiger partial charge on any atom is -0.275 e. The Bertz CT molecular complexity index is 167. The standard InChI is InChI=1S/C4H3F6NO/c1-2(12)11(3(5,6)7)4(8,9)10/h1H3. The first kappa shape index (κ1) is 11.0. The Kier molecular flexibility index (Phi) is 2.61. The van der Waals surface area contributed by atoms with Crippen LogP contribution >= 0.6 is 0 Å². The Hall–Kier alpha value is -0.950. The largest absolute Gasteiger partial charge is 0.494 e. The molecule has 0 spiro atoms. The zero-order valence-corrected chi connectivity index (χ0v) is 5.62. The summed E-state index contributed by atoms with van der Waals surface area (Å²) in [6.45, 7) is 0.182. The molecule has 0 rings (SSSR count). The van der Waals surface area contributed by atoms with Crippen molar-refractivity contribution in [3.63, 3.8) is 0 Å². The molecule has 0 aromatic heterocycles. The van der Waals surface area contributed by atoms with Gasteiger partial charge in [0.2, 0.25) is 5.91 Å². The average Bonchev–Trinajstić information content (AvgIpc) is 1.49. The van der Waals surface area contributed by atoms with Gasteiger partial charge in [0.05, 0.1) is 0 Å². The van der Waals surface area contributed by atoms with Gasteiger partial charge >= 0.3 is 12.6 Å². The third kappa shape index (κ3) is 2.59. The van der Waals surface area contributed by atoms with Crippen LogP contribution in [0.4, 0.5) is 26.3 Å². The maximum absolute atomic E-state index is 11.5. The fraction of sp³-hybridized carbons (Fsp3) is 0.750. The molecular formula is C4H3F6NO. The van der Waals surface area contributed by atoms with E-state index < -0.39 is 23.4 Å². The molecule has 72 valence electrons. The molecule has 0 N–H and O–H groups in total. The van der Waals surface area contributed by atoms with Gasteiger partial charge in [-0.1, -0.05) is 0 Å². The van der Waals surface area contributed by atoms with Crippen LogP contribution in [-0.4, -0.2) is 23.4 Å². The summed E-state index contributed by atoms with van der Waals surface area (Å²) in [7, 11) is 0. The molecule has 0 unspecified atom stereocenters. The summed E-state index contributed by atoms with van der Waals surface area (Å²) in [5.74, 6) is -2.12. The molecule has 0 aromatic carbocycles. The Morgan fingerprint density at radius 1 is 1.00 bits per heavy atom. The van der Waals surface area contributed by atoms with Crippen molar-refractivity contribution in [1.82, 2.24) is 4.90 Å². The Morgan fingerprint density at radius 3 is 1.25 bits per heavy atom. The first-order valence-electron chi connectivity index (χ1n) is 2.51. The van der Waals surface area contributed by atoms with Gasteiger partial charge in [-0.2, -0.15) is 4.90 Å². The Labute approximate surface area is 62.7 Å². The number of rotatable bonds is 0. The molecule has 0 fully saturated rings. The van der Waals surface area contributed by atoms with E-state index in [1.54, 1.807) is 0 Å². The van der Waals surface area contributed by atoms with E-state index >= 15 is 0 Å². The molecule has 2 nitrogen and oxygen atoms in total. The Balaban J connectivity index is 4.82. The van der Waals surface area contributed by atoms with Gasteiger partial charge in [0.1, 0.15) is 0 Å². The highest BCUT2D eigenvalue weighted by Gasteiger charge is 2.55. The highest BCUT2D eigenvalue weighted by molar-refractivity contribution is 5.73. The molecule has 0 aromatic rings. The number of halogens is 6. The first-order chi connectivity index (χ1) is 5.07. The summed E-state index contributed by atoms with van der Waals surface area (Å²) in [5.41, 5.74) is 0. The molecular weight excluding hydrogens is 192 g/mol. The van der Waals surface area contributed by atoms with Crippen molar-refractivity contribution in [2.45, 2.75) is 19.5 Å². The monoisotopic (exact) mass is 195 g/mol. The summed E-state index contributed by atoms with van der Waals surface area (Å²) >= 11 is 0. The van der Waals surface area contributed by atoms with Crippen molar-refractivity contribution in [3.8, 4) is 0 Å². The molecule has 0 aliphatic rings. The van der Waals surface area contributed by atoms with E-state index in [0.717, 1.165) is 0 Å². The zero-order chi connectivity index (χ0) is 10.2. The number of alkyl halides is 6. The number of nitrogens with zero attached hydrogens (tertiary/aromatic N) is 1. The van der Waals surface area contributed by atoms with E-state index in [2.05, 4.69) is 0 Å². The van der Waals surface area contributed by atoms with Crippen LogP contribution < -0.4 is 0 Å². The lowest BCUT2D eigenvalue weighted by Gasteiger charge is -2.25. The van der Waals surface area contributed by atoms with Gasteiger partial charge in [0.25, 0.3) is 0 Å². The molecule has 0 radical (unpaired) electrons. The first-order valence-corrected chi connectivity index (χ1v) is 2.51. The minimum absolute atomic E-state index is 0.182. The van der Waals surface area contributed by atoms with Crippen molar-refractivity contribution in [2.75, 3.05) is 0 Å². The zero-order valence-electron chi connectivity index (χ0n) is 5.62. The predicted octanol–water partition coefficient (Wildman–Crippen LogP) is 1.87. The maximum Gasteiger partial charge on any atom is 0.494 e. The highest BCUT2D eigenvalue weighted by atomic mass is 19.4. The summed E-state index contributed by atoms with van der Waals surface area (Å²) in [6, 6.07) is 0. The lowest BCUT2D eigenvalue weighted by atomic mass is 10.6. The lowest BCUT2D eigenvalue weighted by molar-refractivity contribution is -0.355. The van der Waals surface area contributed by atoms with Gasteiger partial charge in [-0.05, 0) is 0 Å². The second-order valence-corrected chi connectivity index (χ2v) is 1.79. The Morgan fingerprint density at radius 2 is 1.25 bits per heavy atom. The van der Waals surface area contributed by atoms with Crippen LogP contribution in [0.25, 0.3) is 0 Å². The normalized spacial score (nSPS) is 12.9. The van der Waals surface area contributed by atoms with E-state index in [9.17, 15) is 31.1 Å². The van der Waals surface area contributed by atoms with Crippen molar-refractivity contribution >= 4 is 5.91 Å². The molecule has 0 atom stereocenters. The van der Waals surface area contributed by atoms with Gasteiger partial charge in [-0.3, -0.25) is 4.79 Å². The van der Waals surface area contributed by atoms with E-state index in [1.165, 1.54) is 0 Å². The SMILES string of the molecule is CC(=O)N(C(F)(F)F)C(F)(F)F. The van der Waals surface area contributed by atoms with Crippen molar-refractivity contribution in [2.24, 2.45) is 0 Å². The fourth-order valence-corrected chi connectivity index (χ4v) is 0.501. The van der Waals surface area contributed by atoms with Gasteiger partial charge in [0.15, 0.2) is 0 Å². The summed E-state index contributed by atoms with van der Waals surface area (Å²) in [6.07, 6.45) is -11.4. The molecule has 0 aliphatic carbocycles. The summed E-state index contributed by atoms with van der Waals surface area (Å²) in [4.78, 5) is 7.83. The van der Waals surface area contributed by atoms with Crippen molar-refractivity contribution in [1.29, 1.82) is 0 Å². The van der Waals surface area contributed by atoms with Crippen LogP contribution in [0, 0.1) is 0 Å². The number of carbonyl (C=O) groups excluding carboxylic acids is 1. The van der Waals surface area contributed by atoms with Crippen molar-refractivity contribution < 1.29 is 31.1 Å². The van der Waals surface area contributed by atoms with Crippen LogP contribution in [0.2, 0.25) is 0 Å². The van der Waals surface area contributed by atoms with E-state index in [1.807, 2.05) is 0 Å². The number of carbonyl (C=O) groups is 1. The van der Waals surface area contributed by atoms with Crippen LogP contribution in [0.3, 0.4) is 0 Å². The maximum atomic E-state index is 11.5. The average molecular weight is 195 g/mol. The van der Waals surface area contributed by atoms with Crippen LogP contribution in [0.5, 0.6) is 0 Å². The third-order valence-electron chi connectivity index (χ3n) is 0.822. The smallest absolute Gasteiger partial charge is 0.275 e. The second-order valence-electron chi connectivity index (χ2n) is 1.79. The molecule has 0 bridgehead atoms. The van der Waals surface area contributed by atoms with Crippen LogP contribution in [0.1, 0.15) is 6.92 Å². The lowest BCUT2D eigenvalue weighted by Crippen LogP contribution is -2.50. The van der Waals surface area contributed by atoms with Crippen molar-refractivity contribution in [3.05, 3.63) is 0 Å². The van der Waals surface area contributed by atoms with Gasteiger partial charge in [0, 0.05) is 6.92 Å². The summed E-state index contributed by atoms with van der Waals surface area (Å²) < 4.78 is 68.7. The second kappa shape index (κ2) is 2.83. The predicted molar refractivity (Wildman–Crippen MR) is 24.6 cm³/mol. The number of hydrogen-bond donors (Lipinski definition) is 0. The van der Waals surface area contributed by atoms with Crippen LogP contribution in [0.15, 0.2) is 0 Å². The van der Waals surface area contributed by atoms with Gasteiger partial charge in [-0.15, -0.1) is 26.3 Å². The summed E-state index contributed by atoms with van der Waals surface area (Å²) in [5, 5.41) is 0. The molecule has 0 saturated carbocycles.